The molecular weight excluding hydrogens is 350 g/mol. The minimum Gasteiger partial charge on any atom is -0.497 e. The van der Waals surface area contributed by atoms with Gasteiger partial charge in [-0.15, -0.1) is 0 Å². The smallest absolute Gasteiger partial charge is 0.261 e. The molecule has 0 heterocycles. The van der Waals surface area contributed by atoms with E-state index in [1.807, 2.05) is 24.3 Å². The van der Waals surface area contributed by atoms with Crippen LogP contribution in [0.1, 0.15) is 0 Å². The van der Waals surface area contributed by atoms with Crippen LogP contribution in [0.5, 0.6) is 11.5 Å². The van der Waals surface area contributed by atoms with E-state index in [-0.39, 0.29) is 4.90 Å². The van der Waals surface area contributed by atoms with Crippen molar-refractivity contribution in [3.8, 4) is 22.6 Å². The molecule has 0 bridgehead atoms. The van der Waals surface area contributed by atoms with Gasteiger partial charge < -0.3 is 9.47 Å². The lowest BCUT2D eigenvalue weighted by Crippen LogP contribution is -2.12. The van der Waals surface area contributed by atoms with E-state index in [2.05, 4.69) is 4.72 Å². The van der Waals surface area contributed by atoms with E-state index >= 15 is 0 Å². The topological polar surface area (TPSA) is 64.6 Å². The Morgan fingerprint density at radius 2 is 1.08 bits per heavy atom. The van der Waals surface area contributed by atoms with Crippen molar-refractivity contribution in [3.05, 3.63) is 72.8 Å². The predicted molar refractivity (Wildman–Crippen MR) is 102 cm³/mol. The van der Waals surface area contributed by atoms with Crippen molar-refractivity contribution in [2.75, 3.05) is 18.9 Å². The molecule has 3 rings (SSSR count). The van der Waals surface area contributed by atoms with Crippen molar-refractivity contribution in [2.45, 2.75) is 4.90 Å². The predicted octanol–water partition coefficient (Wildman–Crippen LogP) is 4.17. The van der Waals surface area contributed by atoms with Crippen LogP contribution in [0.15, 0.2) is 77.7 Å². The zero-order chi connectivity index (χ0) is 18.6. The number of ether oxygens (including phenoxy) is 2. The molecule has 0 aliphatic rings. The molecule has 0 saturated heterocycles. The van der Waals surface area contributed by atoms with Crippen molar-refractivity contribution in [3.63, 3.8) is 0 Å². The summed E-state index contributed by atoms with van der Waals surface area (Å²) in [6.45, 7) is 0. The molecule has 0 aromatic heterocycles. The highest BCUT2D eigenvalue weighted by atomic mass is 32.2. The van der Waals surface area contributed by atoms with E-state index in [0.717, 1.165) is 16.9 Å². The summed E-state index contributed by atoms with van der Waals surface area (Å²) in [7, 11) is -0.479. The van der Waals surface area contributed by atoms with Crippen LogP contribution in [-0.2, 0) is 10.0 Å². The van der Waals surface area contributed by atoms with E-state index < -0.39 is 10.0 Å². The summed E-state index contributed by atoms with van der Waals surface area (Å²) < 4.78 is 37.8. The summed E-state index contributed by atoms with van der Waals surface area (Å²) in [5, 5.41) is 0. The van der Waals surface area contributed by atoms with Gasteiger partial charge in [0.15, 0.2) is 0 Å². The number of sulfonamides is 1. The van der Waals surface area contributed by atoms with Crippen LogP contribution in [0.4, 0.5) is 5.69 Å². The maximum absolute atomic E-state index is 12.5. The Balaban J connectivity index is 1.79. The van der Waals surface area contributed by atoms with Gasteiger partial charge in [0.05, 0.1) is 19.1 Å². The average molecular weight is 369 g/mol. The lowest BCUT2D eigenvalue weighted by molar-refractivity contribution is 0.415. The summed E-state index contributed by atoms with van der Waals surface area (Å²) in [5.74, 6) is 1.44. The van der Waals surface area contributed by atoms with E-state index in [1.165, 1.54) is 0 Å². The van der Waals surface area contributed by atoms with Gasteiger partial charge in [0.2, 0.25) is 0 Å². The number of rotatable bonds is 6. The molecule has 134 valence electrons. The number of hydrogen-bond donors (Lipinski definition) is 1. The zero-order valence-corrected chi connectivity index (χ0v) is 15.3. The second-order valence-electron chi connectivity index (χ2n) is 5.59. The molecule has 0 amide bonds. The Morgan fingerprint density at radius 1 is 0.654 bits per heavy atom. The summed E-state index contributed by atoms with van der Waals surface area (Å²) in [6.07, 6.45) is 0. The monoisotopic (exact) mass is 369 g/mol. The average Bonchev–Trinajstić information content (AvgIpc) is 2.68. The third-order valence-electron chi connectivity index (χ3n) is 3.93. The molecule has 0 aliphatic heterocycles. The van der Waals surface area contributed by atoms with Gasteiger partial charge in [0, 0.05) is 5.69 Å². The highest BCUT2D eigenvalue weighted by Crippen LogP contribution is 2.25. The minimum absolute atomic E-state index is 0.200. The van der Waals surface area contributed by atoms with Gasteiger partial charge in [0.25, 0.3) is 10.0 Å². The Kier molecular flexibility index (Phi) is 5.14. The largest absolute Gasteiger partial charge is 0.497 e. The van der Waals surface area contributed by atoms with Crippen molar-refractivity contribution in [1.82, 2.24) is 0 Å². The molecule has 0 aliphatic carbocycles. The third kappa shape index (κ3) is 3.97. The van der Waals surface area contributed by atoms with Crippen LogP contribution < -0.4 is 14.2 Å². The van der Waals surface area contributed by atoms with Crippen molar-refractivity contribution in [2.24, 2.45) is 0 Å². The molecule has 0 fully saturated rings. The van der Waals surface area contributed by atoms with Gasteiger partial charge >= 0.3 is 0 Å². The summed E-state index contributed by atoms with van der Waals surface area (Å²) >= 11 is 0. The molecule has 26 heavy (non-hydrogen) atoms. The Morgan fingerprint density at radius 3 is 1.54 bits per heavy atom. The molecule has 6 heteroatoms. The fourth-order valence-electron chi connectivity index (χ4n) is 2.48. The molecule has 0 radical (unpaired) electrons. The first-order chi connectivity index (χ1) is 12.5. The second-order valence-corrected chi connectivity index (χ2v) is 7.27. The number of hydrogen-bond acceptors (Lipinski definition) is 4. The van der Waals surface area contributed by atoms with Crippen LogP contribution in [0.25, 0.3) is 11.1 Å². The number of anilines is 1. The van der Waals surface area contributed by atoms with Crippen molar-refractivity contribution >= 4 is 15.7 Å². The highest BCUT2D eigenvalue weighted by Gasteiger charge is 2.14. The second kappa shape index (κ2) is 7.49. The molecule has 3 aromatic carbocycles. The maximum atomic E-state index is 12.5. The molecule has 0 atom stereocenters. The van der Waals surface area contributed by atoms with E-state index in [9.17, 15) is 8.42 Å². The Bertz CT molecular complexity index is 964. The van der Waals surface area contributed by atoms with Gasteiger partial charge in [0.1, 0.15) is 11.5 Å². The third-order valence-corrected chi connectivity index (χ3v) is 5.33. The summed E-state index contributed by atoms with van der Waals surface area (Å²) in [6, 6.07) is 21.0. The van der Waals surface area contributed by atoms with Crippen molar-refractivity contribution < 1.29 is 17.9 Å². The first-order valence-electron chi connectivity index (χ1n) is 7.93. The van der Waals surface area contributed by atoms with Gasteiger partial charge in [-0.05, 0) is 59.7 Å². The molecule has 3 aromatic rings. The van der Waals surface area contributed by atoms with Crippen LogP contribution in [0, 0.1) is 0 Å². The fraction of sp³-hybridized carbons (Fsp3) is 0.100. The number of nitrogens with one attached hydrogen (secondary N) is 1. The standard InChI is InChI=1S/C20H19NO4S/c1-24-18-9-3-15(4-10-18)16-5-13-20(14-6-16)26(22,23)21-17-7-11-19(25-2)12-8-17/h3-14,21H,1-2H3. The number of methoxy groups -OCH3 is 2. The van der Waals surface area contributed by atoms with Gasteiger partial charge in [-0.3, -0.25) is 4.72 Å². The quantitative estimate of drug-likeness (QED) is 0.708. The maximum Gasteiger partial charge on any atom is 0.261 e. The SMILES string of the molecule is COc1ccc(NS(=O)(=O)c2ccc(-c3ccc(OC)cc3)cc2)cc1. The summed E-state index contributed by atoms with van der Waals surface area (Å²) in [4.78, 5) is 0.200. The van der Waals surface area contributed by atoms with Gasteiger partial charge in [-0.1, -0.05) is 24.3 Å². The van der Waals surface area contributed by atoms with E-state index in [0.29, 0.717) is 11.4 Å². The highest BCUT2D eigenvalue weighted by molar-refractivity contribution is 7.92. The van der Waals surface area contributed by atoms with Crippen LogP contribution in [0.3, 0.4) is 0 Å². The molecule has 1 N–H and O–H groups in total. The summed E-state index contributed by atoms with van der Waals surface area (Å²) in [5.41, 5.74) is 2.39. The van der Waals surface area contributed by atoms with Crippen LogP contribution in [-0.4, -0.2) is 22.6 Å². The molecular formula is C20H19NO4S. The van der Waals surface area contributed by atoms with Crippen LogP contribution >= 0.6 is 0 Å². The minimum atomic E-state index is -3.65. The van der Waals surface area contributed by atoms with E-state index in [4.69, 9.17) is 9.47 Å². The Hall–Kier alpha value is -2.99. The lowest BCUT2D eigenvalue weighted by Gasteiger charge is -2.10. The molecule has 0 unspecified atom stereocenters. The first kappa shape index (κ1) is 17.8. The van der Waals surface area contributed by atoms with Crippen molar-refractivity contribution in [1.29, 1.82) is 0 Å². The first-order valence-corrected chi connectivity index (χ1v) is 9.41. The molecule has 5 nitrogen and oxygen atoms in total. The molecule has 0 saturated carbocycles. The molecule has 0 spiro atoms. The zero-order valence-electron chi connectivity index (χ0n) is 14.5. The fourth-order valence-corrected chi connectivity index (χ4v) is 3.54. The normalized spacial score (nSPS) is 11.0. The Labute approximate surface area is 153 Å². The van der Waals surface area contributed by atoms with Crippen LogP contribution in [0.2, 0.25) is 0 Å². The van der Waals surface area contributed by atoms with Gasteiger partial charge in [-0.25, -0.2) is 8.42 Å². The van der Waals surface area contributed by atoms with E-state index in [1.54, 1.807) is 62.8 Å². The number of benzene rings is 3. The van der Waals surface area contributed by atoms with Gasteiger partial charge in [-0.2, -0.15) is 0 Å². The lowest BCUT2D eigenvalue weighted by atomic mass is 10.1.